The van der Waals surface area contributed by atoms with Crippen molar-refractivity contribution in [2.75, 3.05) is 26.2 Å². The molecule has 2 aliphatic heterocycles. The van der Waals surface area contributed by atoms with E-state index in [0.717, 1.165) is 18.2 Å². The van der Waals surface area contributed by atoms with Gasteiger partial charge in [-0.25, -0.2) is 14.4 Å². The monoisotopic (exact) mass is 583 g/mol. The van der Waals surface area contributed by atoms with Crippen molar-refractivity contribution in [3.05, 3.63) is 58.7 Å². The Kier molecular flexibility index (Phi) is 8.63. The SMILES string of the molecule is NCCN1CCN(C(=O)NC(C(=O)N[C@H]2Cc3cccc(C(=O)O)c3OB2O)c2ccc(C(=O)O)cc2O)C(=O)C1=O. The Bertz CT molecular complexity index is 1470. The lowest BCUT2D eigenvalue weighted by Crippen LogP contribution is -2.60. The highest BCUT2D eigenvalue weighted by atomic mass is 16.5. The maximum atomic E-state index is 13.5. The maximum absolute atomic E-state index is 13.5. The minimum absolute atomic E-state index is 0.00599. The molecule has 0 aromatic heterocycles. The molecule has 0 aliphatic carbocycles. The van der Waals surface area contributed by atoms with E-state index in [2.05, 4.69) is 10.6 Å². The third-order valence-corrected chi connectivity index (χ3v) is 6.75. The van der Waals surface area contributed by atoms with Crippen LogP contribution in [0.15, 0.2) is 36.4 Å². The molecule has 17 heteroatoms. The lowest BCUT2D eigenvalue weighted by Gasteiger charge is -2.33. The molecule has 42 heavy (non-hydrogen) atoms. The number of amides is 5. The Morgan fingerprint density at radius 3 is 2.45 bits per heavy atom. The van der Waals surface area contributed by atoms with Gasteiger partial charge in [0.2, 0.25) is 5.91 Å². The van der Waals surface area contributed by atoms with Crippen LogP contribution < -0.4 is 21.0 Å². The average molecular weight is 583 g/mol. The number of urea groups is 1. The van der Waals surface area contributed by atoms with Gasteiger partial charge >= 0.3 is 36.9 Å². The second-order valence-electron chi connectivity index (χ2n) is 9.43. The van der Waals surface area contributed by atoms with Crippen molar-refractivity contribution in [3.63, 3.8) is 0 Å². The Morgan fingerprint density at radius 1 is 1.07 bits per heavy atom. The van der Waals surface area contributed by atoms with E-state index in [9.17, 15) is 49.1 Å². The van der Waals surface area contributed by atoms with E-state index in [1.54, 1.807) is 0 Å². The number of nitrogens with zero attached hydrogens (tertiary/aromatic N) is 2. The van der Waals surface area contributed by atoms with E-state index in [0.29, 0.717) is 10.5 Å². The van der Waals surface area contributed by atoms with E-state index in [1.165, 1.54) is 23.1 Å². The fraction of sp³-hybridized carbons (Fsp3) is 0.280. The third-order valence-electron chi connectivity index (χ3n) is 6.75. The van der Waals surface area contributed by atoms with Crippen molar-refractivity contribution < 1.29 is 53.8 Å². The molecule has 2 atom stereocenters. The highest BCUT2D eigenvalue weighted by Gasteiger charge is 2.41. The largest absolute Gasteiger partial charge is 0.547 e. The van der Waals surface area contributed by atoms with Crippen LogP contribution in [0.1, 0.15) is 37.9 Å². The van der Waals surface area contributed by atoms with E-state index in [-0.39, 0.29) is 55.0 Å². The molecule has 2 aliphatic rings. The number of carboxylic acids is 2. The molecule has 0 radical (unpaired) electrons. The zero-order valence-electron chi connectivity index (χ0n) is 21.9. The number of nitrogens with two attached hydrogens (primary N) is 1. The number of aromatic carboxylic acids is 2. The number of piperazine rings is 1. The molecule has 4 rings (SSSR count). The van der Waals surface area contributed by atoms with Gasteiger partial charge in [0.1, 0.15) is 17.5 Å². The Balaban J connectivity index is 1.60. The van der Waals surface area contributed by atoms with Crippen molar-refractivity contribution in [3.8, 4) is 11.5 Å². The predicted molar refractivity (Wildman–Crippen MR) is 141 cm³/mol. The van der Waals surface area contributed by atoms with Crippen LogP contribution in [-0.2, 0) is 20.8 Å². The first kappa shape index (κ1) is 29.8. The van der Waals surface area contributed by atoms with Gasteiger partial charge in [0.05, 0.1) is 17.1 Å². The number of carbonyl (C=O) groups excluding carboxylic acids is 4. The van der Waals surface area contributed by atoms with Crippen LogP contribution in [0.25, 0.3) is 0 Å². The number of carboxylic acid groups (broad SMARTS) is 2. The summed E-state index contributed by atoms with van der Waals surface area (Å²) >= 11 is 0. The van der Waals surface area contributed by atoms with E-state index < -0.39 is 60.5 Å². The number of aromatic hydroxyl groups is 1. The van der Waals surface area contributed by atoms with Gasteiger partial charge in [0.25, 0.3) is 0 Å². The molecule has 0 bridgehead atoms. The number of carbonyl (C=O) groups is 6. The van der Waals surface area contributed by atoms with Gasteiger partial charge in [-0.3, -0.25) is 19.3 Å². The summed E-state index contributed by atoms with van der Waals surface area (Å²) in [5, 5.41) is 44.5. The zero-order chi connectivity index (χ0) is 30.7. The molecule has 8 N–H and O–H groups in total. The molecule has 220 valence electrons. The Morgan fingerprint density at radius 2 is 1.81 bits per heavy atom. The number of para-hydroxylation sites is 1. The highest BCUT2D eigenvalue weighted by molar-refractivity contribution is 6.47. The van der Waals surface area contributed by atoms with Crippen LogP contribution >= 0.6 is 0 Å². The molecule has 0 spiro atoms. The Labute approximate surface area is 237 Å². The van der Waals surface area contributed by atoms with E-state index in [4.69, 9.17) is 10.4 Å². The molecule has 5 amide bonds. The molecule has 1 fully saturated rings. The quantitative estimate of drug-likeness (QED) is 0.136. The molecule has 1 unspecified atom stereocenters. The number of hydrogen-bond donors (Lipinski definition) is 7. The normalized spacial score (nSPS) is 17.2. The van der Waals surface area contributed by atoms with Crippen molar-refractivity contribution in [2.24, 2.45) is 5.73 Å². The number of nitrogens with one attached hydrogen (secondary N) is 2. The van der Waals surface area contributed by atoms with Gasteiger partial charge < -0.3 is 46.3 Å². The summed E-state index contributed by atoms with van der Waals surface area (Å²) < 4.78 is 5.38. The number of phenolic OH excluding ortho intramolecular Hbond substituents is 1. The first-order valence-corrected chi connectivity index (χ1v) is 12.6. The van der Waals surface area contributed by atoms with Crippen molar-refractivity contribution >= 4 is 42.8 Å². The van der Waals surface area contributed by atoms with Crippen LogP contribution in [0.4, 0.5) is 4.79 Å². The fourth-order valence-electron chi connectivity index (χ4n) is 4.63. The smallest absolute Gasteiger partial charge is 0.534 e. The summed E-state index contributed by atoms with van der Waals surface area (Å²) in [7, 11) is -1.71. The van der Waals surface area contributed by atoms with Gasteiger partial charge in [-0.1, -0.05) is 18.2 Å². The molecule has 2 aromatic rings. The second-order valence-corrected chi connectivity index (χ2v) is 9.43. The van der Waals surface area contributed by atoms with Crippen LogP contribution in [0.3, 0.4) is 0 Å². The number of imide groups is 1. The summed E-state index contributed by atoms with van der Waals surface area (Å²) in [5.74, 6) is -7.72. The Hall–Kier alpha value is -5.16. The standard InChI is InChI=1S/C25H26BN5O11/c27-6-7-30-8-9-31(22(35)21(30)34)25(40)29-18(14-5-4-13(23(36)37)10-16(14)32)20(33)28-17-11-12-2-1-3-15(24(38)39)19(12)42-26(17)41/h1-5,10,17-18,32,41H,6-9,11,27H2,(H,28,33)(H,29,40)(H,36,37)(H,38,39)/t17-,18?/m0/s1. The molecular formula is C25H26BN5O11. The van der Waals surface area contributed by atoms with Gasteiger partial charge in [-0.15, -0.1) is 0 Å². The van der Waals surface area contributed by atoms with Gasteiger partial charge in [0, 0.05) is 31.7 Å². The molecule has 1 saturated heterocycles. The summed E-state index contributed by atoms with van der Waals surface area (Å²) in [6, 6.07) is 4.39. The average Bonchev–Trinajstić information content (AvgIpc) is 2.94. The molecule has 16 nitrogen and oxygen atoms in total. The lowest BCUT2D eigenvalue weighted by atomic mass is 9.72. The van der Waals surface area contributed by atoms with Crippen molar-refractivity contribution in [2.45, 2.75) is 18.4 Å². The first-order chi connectivity index (χ1) is 19.9. The lowest BCUT2D eigenvalue weighted by molar-refractivity contribution is -0.153. The van der Waals surface area contributed by atoms with Crippen molar-refractivity contribution in [1.82, 2.24) is 20.4 Å². The summed E-state index contributed by atoms with van der Waals surface area (Å²) in [6.45, 7) is -0.0316. The summed E-state index contributed by atoms with van der Waals surface area (Å²) in [5.41, 5.74) is 5.03. The van der Waals surface area contributed by atoms with Crippen LogP contribution in [-0.4, -0.2) is 105 Å². The van der Waals surface area contributed by atoms with Crippen LogP contribution in [0.5, 0.6) is 11.5 Å². The number of benzene rings is 2. The molecule has 2 heterocycles. The number of hydrogen-bond acceptors (Lipinski definition) is 10. The number of rotatable bonds is 8. The third kappa shape index (κ3) is 5.96. The predicted octanol–water partition coefficient (Wildman–Crippen LogP) is -1.69. The minimum Gasteiger partial charge on any atom is -0.534 e. The molecular weight excluding hydrogens is 557 g/mol. The number of phenols is 1. The van der Waals surface area contributed by atoms with Crippen LogP contribution in [0.2, 0.25) is 0 Å². The highest BCUT2D eigenvalue weighted by Crippen LogP contribution is 2.31. The molecule has 0 saturated carbocycles. The first-order valence-electron chi connectivity index (χ1n) is 12.6. The van der Waals surface area contributed by atoms with Gasteiger partial charge in [0.15, 0.2) is 0 Å². The second kappa shape index (κ2) is 12.2. The topological polar surface area (TPSA) is 249 Å². The minimum atomic E-state index is -1.75. The van der Waals surface area contributed by atoms with E-state index >= 15 is 0 Å². The number of fused-ring (bicyclic) bond motifs is 1. The van der Waals surface area contributed by atoms with E-state index in [1.807, 2.05) is 0 Å². The van der Waals surface area contributed by atoms with Crippen molar-refractivity contribution in [1.29, 1.82) is 0 Å². The van der Waals surface area contributed by atoms with Crippen LogP contribution in [0, 0.1) is 0 Å². The molecule has 2 aromatic carbocycles. The summed E-state index contributed by atoms with van der Waals surface area (Å²) in [6.07, 6.45) is -0.0793. The maximum Gasteiger partial charge on any atom is 0.547 e. The fourth-order valence-corrected chi connectivity index (χ4v) is 4.63. The van der Waals surface area contributed by atoms with Gasteiger partial charge in [-0.2, -0.15) is 0 Å². The summed E-state index contributed by atoms with van der Waals surface area (Å²) in [4.78, 5) is 76.2. The van der Waals surface area contributed by atoms with Gasteiger partial charge in [-0.05, 0) is 30.2 Å². The zero-order valence-corrected chi connectivity index (χ0v) is 21.9.